The van der Waals surface area contributed by atoms with E-state index < -0.39 is 23.8 Å². The third-order valence-corrected chi connectivity index (χ3v) is 6.63. The van der Waals surface area contributed by atoms with Gasteiger partial charge in [0.05, 0.1) is 18.6 Å². The van der Waals surface area contributed by atoms with E-state index in [-0.39, 0.29) is 25.3 Å². The van der Waals surface area contributed by atoms with Gasteiger partial charge in [-0.3, -0.25) is 4.79 Å². The van der Waals surface area contributed by atoms with E-state index in [1.807, 2.05) is 36.4 Å². The molecule has 1 amide bonds. The summed E-state index contributed by atoms with van der Waals surface area (Å²) < 4.78 is 28.4. The van der Waals surface area contributed by atoms with Gasteiger partial charge in [0.2, 0.25) is 5.91 Å². The summed E-state index contributed by atoms with van der Waals surface area (Å²) in [5.74, 6) is -1.65. The van der Waals surface area contributed by atoms with Crippen molar-refractivity contribution in [1.29, 1.82) is 0 Å². The number of rotatable bonds is 11. The molecule has 3 N–H and O–H groups in total. The highest BCUT2D eigenvalue weighted by Crippen LogP contribution is 2.14. The van der Waals surface area contributed by atoms with Crippen molar-refractivity contribution in [2.24, 2.45) is 0 Å². The Kier molecular flexibility index (Phi) is 9.98. The fourth-order valence-corrected chi connectivity index (χ4v) is 4.38. The van der Waals surface area contributed by atoms with E-state index in [4.69, 9.17) is 0 Å². The highest BCUT2D eigenvalue weighted by Gasteiger charge is 2.23. The summed E-state index contributed by atoms with van der Waals surface area (Å²) in [7, 11) is 0. The Morgan fingerprint density at radius 3 is 2.38 bits per heavy atom. The van der Waals surface area contributed by atoms with Crippen LogP contribution >= 0.6 is 22.6 Å². The third-order valence-electron chi connectivity index (χ3n) is 5.58. The number of aryl methyl sites for hydroxylation is 1. The van der Waals surface area contributed by atoms with Gasteiger partial charge in [-0.05, 0) is 75.9 Å². The van der Waals surface area contributed by atoms with Gasteiger partial charge in [-0.15, -0.1) is 0 Å². The summed E-state index contributed by atoms with van der Waals surface area (Å²) in [5, 5.41) is 17.0. The largest absolute Gasteiger partial charge is 0.390 e. The highest BCUT2D eigenvalue weighted by molar-refractivity contribution is 14.1. The molecule has 0 aromatic heterocycles. The van der Waals surface area contributed by atoms with E-state index >= 15 is 0 Å². The molecule has 0 aliphatic rings. The number of nitrogens with one attached hydrogen (secondary N) is 2. The normalized spacial score (nSPS) is 12.9. The second kappa shape index (κ2) is 12.9. The lowest BCUT2D eigenvalue weighted by Crippen LogP contribution is -2.49. The monoisotopic (exact) mass is 578 g/mol. The van der Waals surface area contributed by atoms with Gasteiger partial charge in [-0.25, -0.2) is 8.78 Å². The molecular weight excluding hydrogens is 549 g/mol. The zero-order valence-electron chi connectivity index (χ0n) is 19.0. The van der Waals surface area contributed by atoms with Crippen LogP contribution in [0.25, 0.3) is 0 Å². The fraction of sp³-hybridized carbons (Fsp3) is 0.296. The SMILES string of the molecule is CCc1cccc(CNCC(O)C(Cc2cc(F)cc(F)c2)NC(=O)Cc2ccccc2I)c1. The molecule has 2 atom stereocenters. The molecule has 4 nitrogen and oxygen atoms in total. The minimum atomic E-state index is -0.959. The maximum atomic E-state index is 13.7. The quantitative estimate of drug-likeness (QED) is 0.293. The Bertz CT molecular complexity index is 1090. The summed E-state index contributed by atoms with van der Waals surface area (Å²) in [6.45, 7) is 2.86. The van der Waals surface area contributed by atoms with Gasteiger partial charge in [0.1, 0.15) is 11.6 Å². The van der Waals surface area contributed by atoms with Crippen LogP contribution in [0.2, 0.25) is 0 Å². The topological polar surface area (TPSA) is 61.4 Å². The molecule has 7 heteroatoms. The van der Waals surface area contributed by atoms with Crippen molar-refractivity contribution in [2.75, 3.05) is 6.54 Å². The Morgan fingerprint density at radius 2 is 1.68 bits per heavy atom. The summed E-state index contributed by atoms with van der Waals surface area (Å²) >= 11 is 2.17. The standard InChI is InChI=1S/C27H29F2IN2O2/c1-2-18-6-5-7-19(10-18)16-31-17-26(33)25(13-20-11-22(28)15-23(29)12-20)32-27(34)14-21-8-3-4-9-24(21)30/h3-12,15,25-26,31,33H,2,13-14,16-17H2,1H3,(H,32,34). The van der Waals surface area contributed by atoms with Crippen LogP contribution in [0.5, 0.6) is 0 Å². The molecule has 3 aromatic rings. The van der Waals surface area contributed by atoms with Crippen molar-refractivity contribution in [3.05, 3.63) is 104 Å². The zero-order chi connectivity index (χ0) is 24.5. The van der Waals surface area contributed by atoms with Crippen molar-refractivity contribution in [2.45, 2.75) is 44.9 Å². The number of amides is 1. The first-order valence-corrected chi connectivity index (χ1v) is 12.4. The molecule has 0 saturated heterocycles. The molecule has 0 aliphatic heterocycles. The molecular formula is C27H29F2IN2O2. The lowest BCUT2D eigenvalue weighted by molar-refractivity contribution is -0.122. The van der Waals surface area contributed by atoms with Crippen LogP contribution in [0, 0.1) is 15.2 Å². The Hall–Kier alpha value is -2.36. The predicted molar refractivity (Wildman–Crippen MR) is 138 cm³/mol. The van der Waals surface area contributed by atoms with Gasteiger partial charge in [0.25, 0.3) is 0 Å². The van der Waals surface area contributed by atoms with E-state index in [2.05, 4.69) is 52.3 Å². The number of carbonyl (C=O) groups is 1. The first kappa shape index (κ1) is 26.2. The van der Waals surface area contributed by atoms with Crippen molar-refractivity contribution in [1.82, 2.24) is 10.6 Å². The first-order valence-electron chi connectivity index (χ1n) is 11.3. The number of hydrogen-bond donors (Lipinski definition) is 3. The van der Waals surface area contributed by atoms with Crippen LogP contribution in [0.4, 0.5) is 8.78 Å². The molecule has 180 valence electrons. The lowest BCUT2D eigenvalue weighted by Gasteiger charge is -2.25. The number of carbonyl (C=O) groups excluding carboxylic acids is 1. The van der Waals surface area contributed by atoms with Crippen LogP contribution < -0.4 is 10.6 Å². The number of aliphatic hydroxyl groups is 1. The predicted octanol–water partition coefficient (Wildman–Crippen LogP) is 4.55. The Morgan fingerprint density at radius 1 is 0.971 bits per heavy atom. The average Bonchev–Trinajstić information content (AvgIpc) is 2.79. The first-order chi connectivity index (χ1) is 16.3. The van der Waals surface area contributed by atoms with Crippen LogP contribution in [0.15, 0.2) is 66.7 Å². The molecule has 0 bridgehead atoms. The van der Waals surface area contributed by atoms with E-state index in [9.17, 15) is 18.7 Å². The van der Waals surface area contributed by atoms with Crippen LogP contribution in [-0.4, -0.2) is 29.7 Å². The third kappa shape index (κ3) is 8.14. The molecule has 0 fully saturated rings. The maximum Gasteiger partial charge on any atom is 0.224 e. The molecule has 0 radical (unpaired) electrons. The fourth-order valence-electron chi connectivity index (χ4n) is 3.80. The van der Waals surface area contributed by atoms with Crippen LogP contribution in [-0.2, 0) is 30.6 Å². The molecule has 3 rings (SSSR count). The van der Waals surface area contributed by atoms with Gasteiger partial charge in [-0.1, -0.05) is 49.4 Å². The van der Waals surface area contributed by atoms with Gasteiger partial charge < -0.3 is 15.7 Å². The molecule has 0 aliphatic carbocycles. The molecule has 2 unspecified atom stereocenters. The molecule has 34 heavy (non-hydrogen) atoms. The lowest BCUT2D eigenvalue weighted by atomic mass is 10.00. The van der Waals surface area contributed by atoms with Crippen molar-refractivity contribution in [3.8, 4) is 0 Å². The molecule has 0 spiro atoms. The van der Waals surface area contributed by atoms with E-state index in [0.717, 1.165) is 27.2 Å². The molecule has 0 heterocycles. The van der Waals surface area contributed by atoms with E-state index in [0.29, 0.717) is 12.1 Å². The van der Waals surface area contributed by atoms with Gasteiger partial charge in [0.15, 0.2) is 0 Å². The summed E-state index contributed by atoms with van der Waals surface area (Å²) in [6.07, 6.45) is 0.228. The van der Waals surface area contributed by atoms with Crippen molar-refractivity contribution in [3.63, 3.8) is 0 Å². The van der Waals surface area contributed by atoms with Crippen molar-refractivity contribution < 1.29 is 18.7 Å². The number of aliphatic hydroxyl groups excluding tert-OH is 1. The average molecular weight is 578 g/mol. The Labute approximate surface area is 212 Å². The minimum Gasteiger partial charge on any atom is -0.390 e. The second-order valence-corrected chi connectivity index (χ2v) is 9.46. The molecule has 3 aromatic carbocycles. The summed E-state index contributed by atoms with van der Waals surface area (Å²) in [6, 6.07) is 18.3. The Balaban J connectivity index is 1.67. The maximum absolute atomic E-state index is 13.7. The second-order valence-electron chi connectivity index (χ2n) is 8.30. The smallest absolute Gasteiger partial charge is 0.224 e. The zero-order valence-corrected chi connectivity index (χ0v) is 21.2. The van der Waals surface area contributed by atoms with Crippen molar-refractivity contribution >= 4 is 28.5 Å². The highest BCUT2D eigenvalue weighted by atomic mass is 127. The van der Waals surface area contributed by atoms with Gasteiger partial charge in [-0.2, -0.15) is 0 Å². The minimum absolute atomic E-state index is 0.0977. The summed E-state index contributed by atoms with van der Waals surface area (Å²) in [5.41, 5.74) is 3.57. The van der Waals surface area contributed by atoms with Gasteiger partial charge >= 0.3 is 0 Å². The number of halogens is 3. The van der Waals surface area contributed by atoms with Crippen LogP contribution in [0.3, 0.4) is 0 Å². The summed E-state index contributed by atoms with van der Waals surface area (Å²) in [4.78, 5) is 12.8. The molecule has 0 saturated carbocycles. The van der Waals surface area contributed by atoms with Gasteiger partial charge in [0, 0.05) is 22.7 Å². The van der Waals surface area contributed by atoms with E-state index in [1.165, 1.54) is 17.7 Å². The number of benzene rings is 3. The van der Waals surface area contributed by atoms with Crippen LogP contribution in [0.1, 0.15) is 29.2 Å². The van der Waals surface area contributed by atoms with E-state index in [1.54, 1.807) is 0 Å². The number of hydrogen-bond acceptors (Lipinski definition) is 3.